The number of benzene rings is 1. The van der Waals surface area contributed by atoms with E-state index in [9.17, 15) is 9.59 Å². The maximum Gasteiger partial charge on any atom is 0.321 e. The number of carbonyl (C=O) groups excluding carboxylic acids is 1. The first-order valence-corrected chi connectivity index (χ1v) is 5.61. The van der Waals surface area contributed by atoms with Gasteiger partial charge in [0.15, 0.2) is 11.5 Å². The highest BCUT2D eigenvalue weighted by molar-refractivity contribution is 5.95. The molecule has 7 heteroatoms. The van der Waals surface area contributed by atoms with Crippen LogP contribution in [0.1, 0.15) is 12.3 Å². The summed E-state index contributed by atoms with van der Waals surface area (Å²) in [6, 6.07) is 3.77. The van der Waals surface area contributed by atoms with E-state index < -0.39 is 17.9 Å². The second-order valence-electron chi connectivity index (χ2n) is 4.11. The van der Waals surface area contributed by atoms with Gasteiger partial charge in [0.05, 0.1) is 6.42 Å². The number of nitrogens with two attached hydrogens (primary N) is 1. The zero-order chi connectivity index (χ0) is 14.0. The smallest absolute Gasteiger partial charge is 0.321 e. The minimum Gasteiger partial charge on any atom is -0.480 e. The third-order valence-electron chi connectivity index (χ3n) is 2.50. The monoisotopic (exact) mass is 263 g/mol. The average molecular weight is 263 g/mol. The summed E-state index contributed by atoms with van der Waals surface area (Å²) in [7, 11) is 0. The first kappa shape index (κ1) is 13.0. The van der Waals surface area contributed by atoms with Crippen molar-refractivity contribution in [2.75, 3.05) is 5.32 Å². The van der Waals surface area contributed by atoms with Gasteiger partial charge in [0, 0.05) is 12.6 Å². The molecule has 0 saturated heterocycles. The number of nitrogens with zero attached hydrogens (tertiary/aromatic N) is 1. The topological polar surface area (TPSA) is 118 Å². The van der Waals surface area contributed by atoms with E-state index in [-0.39, 0.29) is 6.42 Å². The zero-order valence-electron chi connectivity index (χ0n) is 10.2. The Labute approximate surface area is 108 Å². The molecule has 7 nitrogen and oxygen atoms in total. The minimum absolute atomic E-state index is 0.286. The Bertz CT molecular complexity index is 635. The molecule has 1 heterocycles. The van der Waals surface area contributed by atoms with Crippen molar-refractivity contribution in [3.63, 3.8) is 0 Å². The third-order valence-corrected chi connectivity index (χ3v) is 2.50. The maximum absolute atomic E-state index is 11.6. The molecule has 1 unspecified atom stereocenters. The van der Waals surface area contributed by atoms with Crippen LogP contribution in [0.2, 0.25) is 0 Å². The van der Waals surface area contributed by atoms with E-state index in [1.807, 2.05) is 0 Å². The Balaban J connectivity index is 2.08. The molecule has 0 aliphatic heterocycles. The van der Waals surface area contributed by atoms with Crippen molar-refractivity contribution >= 4 is 28.7 Å². The summed E-state index contributed by atoms with van der Waals surface area (Å²) >= 11 is 0. The average Bonchev–Trinajstić information content (AvgIpc) is 2.68. The lowest BCUT2D eigenvalue weighted by atomic mass is 10.2. The molecule has 2 aromatic rings. The largest absolute Gasteiger partial charge is 0.480 e. The molecular formula is C12H13N3O4. The summed E-state index contributed by atoms with van der Waals surface area (Å²) in [5.74, 6) is -1.14. The highest BCUT2D eigenvalue weighted by Gasteiger charge is 2.16. The van der Waals surface area contributed by atoms with Gasteiger partial charge in [0.2, 0.25) is 5.91 Å². The van der Waals surface area contributed by atoms with Gasteiger partial charge in [-0.15, -0.1) is 0 Å². The number of carbonyl (C=O) groups is 2. The molecule has 0 spiro atoms. The number of aromatic nitrogens is 1. The second-order valence-corrected chi connectivity index (χ2v) is 4.11. The number of aliphatic carboxylic acids is 1. The molecule has 19 heavy (non-hydrogen) atoms. The highest BCUT2D eigenvalue weighted by Crippen LogP contribution is 2.19. The molecule has 1 atom stereocenters. The Morgan fingerprint density at radius 3 is 2.95 bits per heavy atom. The summed E-state index contributed by atoms with van der Waals surface area (Å²) in [6.45, 7) is 1.73. The number of carboxylic acid groups (broad SMARTS) is 1. The van der Waals surface area contributed by atoms with E-state index in [4.69, 9.17) is 15.3 Å². The lowest BCUT2D eigenvalue weighted by Gasteiger charge is -2.07. The summed E-state index contributed by atoms with van der Waals surface area (Å²) in [6.07, 6.45) is -0.286. The van der Waals surface area contributed by atoms with Crippen LogP contribution in [0.4, 0.5) is 5.69 Å². The second kappa shape index (κ2) is 5.07. The van der Waals surface area contributed by atoms with Crippen LogP contribution in [0, 0.1) is 6.92 Å². The molecule has 0 aliphatic rings. The standard InChI is InChI=1S/C12H13N3O4/c1-6-14-9-4-7(2-3-10(9)19-6)15-11(16)5-8(13)12(17)18/h2-4,8H,5,13H2,1H3,(H,15,16)(H,17,18). The molecule has 100 valence electrons. The Morgan fingerprint density at radius 1 is 1.53 bits per heavy atom. The van der Waals surface area contributed by atoms with Gasteiger partial charge >= 0.3 is 5.97 Å². The minimum atomic E-state index is -1.21. The van der Waals surface area contributed by atoms with E-state index in [0.717, 1.165) is 0 Å². The SMILES string of the molecule is Cc1nc2cc(NC(=O)CC(N)C(=O)O)ccc2o1. The van der Waals surface area contributed by atoms with Gasteiger partial charge in [-0.05, 0) is 18.2 Å². The van der Waals surface area contributed by atoms with Gasteiger partial charge in [-0.1, -0.05) is 0 Å². The molecule has 4 N–H and O–H groups in total. The van der Waals surface area contributed by atoms with Crippen LogP contribution in [0.25, 0.3) is 11.1 Å². The van der Waals surface area contributed by atoms with Gasteiger partial charge in [0.25, 0.3) is 0 Å². The normalized spacial score (nSPS) is 12.3. The van der Waals surface area contributed by atoms with E-state index in [0.29, 0.717) is 22.7 Å². The number of anilines is 1. The molecule has 0 fully saturated rings. The number of nitrogens with one attached hydrogen (secondary N) is 1. The van der Waals surface area contributed by atoms with Crippen molar-refractivity contribution in [1.82, 2.24) is 4.98 Å². The molecule has 0 radical (unpaired) electrons. The Kier molecular flexibility index (Phi) is 3.48. The number of carboxylic acids is 1. The van der Waals surface area contributed by atoms with Gasteiger partial charge in [-0.25, -0.2) is 4.98 Å². The Hall–Kier alpha value is -2.41. The fourth-order valence-corrected chi connectivity index (χ4v) is 1.62. The van der Waals surface area contributed by atoms with Gasteiger partial charge in [0.1, 0.15) is 11.6 Å². The Morgan fingerprint density at radius 2 is 2.26 bits per heavy atom. The van der Waals surface area contributed by atoms with E-state index in [1.165, 1.54) is 0 Å². The summed E-state index contributed by atoms with van der Waals surface area (Å²) < 4.78 is 5.30. The molecular weight excluding hydrogens is 250 g/mol. The van der Waals surface area contributed by atoms with E-state index >= 15 is 0 Å². The molecule has 1 amide bonds. The fraction of sp³-hybridized carbons (Fsp3) is 0.250. The van der Waals surface area contributed by atoms with Crippen LogP contribution in [0.15, 0.2) is 22.6 Å². The maximum atomic E-state index is 11.6. The lowest BCUT2D eigenvalue weighted by molar-refractivity contribution is -0.140. The fourth-order valence-electron chi connectivity index (χ4n) is 1.62. The summed E-state index contributed by atoms with van der Waals surface area (Å²) in [5, 5.41) is 11.2. The van der Waals surface area contributed by atoms with E-state index in [1.54, 1.807) is 25.1 Å². The first-order valence-electron chi connectivity index (χ1n) is 5.61. The third kappa shape index (κ3) is 3.08. The molecule has 1 aromatic carbocycles. The van der Waals surface area contributed by atoms with Crippen LogP contribution in [0.5, 0.6) is 0 Å². The van der Waals surface area contributed by atoms with Crippen LogP contribution in [-0.4, -0.2) is 28.0 Å². The molecule has 1 aromatic heterocycles. The summed E-state index contributed by atoms with van der Waals surface area (Å²) in [5.41, 5.74) is 7.04. The molecule has 0 aliphatic carbocycles. The van der Waals surface area contributed by atoms with Crippen molar-refractivity contribution < 1.29 is 19.1 Å². The predicted molar refractivity (Wildman–Crippen MR) is 67.6 cm³/mol. The van der Waals surface area contributed by atoms with Crippen LogP contribution in [-0.2, 0) is 9.59 Å². The lowest BCUT2D eigenvalue weighted by Crippen LogP contribution is -2.34. The van der Waals surface area contributed by atoms with E-state index in [2.05, 4.69) is 10.3 Å². The van der Waals surface area contributed by atoms with Crippen molar-refractivity contribution in [2.24, 2.45) is 5.73 Å². The highest BCUT2D eigenvalue weighted by atomic mass is 16.4. The number of fused-ring (bicyclic) bond motifs is 1. The number of amides is 1. The number of oxazole rings is 1. The number of aryl methyl sites for hydroxylation is 1. The van der Waals surface area contributed by atoms with Crippen molar-refractivity contribution in [1.29, 1.82) is 0 Å². The number of rotatable bonds is 4. The van der Waals surface area contributed by atoms with Gasteiger partial charge < -0.3 is 20.6 Å². The zero-order valence-corrected chi connectivity index (χ0v) is 10.2. The van der Waals surface area contributed by atoms with Crippen molar-refractivity contribution in [3.8, 4) is 0 Å². The predicted octanol–water partition coefficient (Wildman–Crippen LogP) is 0.877. The number of hydrogen-bond donors (Lipinski definition) is 3. The van der Waals surface area contributed by atoms with Gasteiger partial charge in [-0.2, -0.15) is 0 Å². The van der Waals surface area contributed by atoms with Crippen molar-refractivity contribution in [2.45, 2.75) is 19.4 Å². The molecule has 2 rings (SSSR count). The van der Waals surface area contributed by atoms with Crippen LogP contribution in [0.3, 0.4) is 0 Å². The quantitative estimate of drug-likeness (QED) is 0.753. The number of hydrogen-bond acceptors (Lipinski definition) is 5. The van der Waals surface area contributed by atoms with Gasteiger partial charge in [-0.3, -0.25) is 9.59 Å². The first-order chi connectivity index (χ1) is 8.95. The summed E-state index contributed by atoms with van der Waals surface area (Å²) in [4.78, 5) is 26.2. The van der Waals surface area contributed by atoms with Crippen LogP contribution >= 0.6 is 0 Å². The molecule has 0 saturated carbocycles. The van der Waals surface area contributed by atoms with Crippen molar-refractivity contribution in [3.05, 3.63) is 24.1 Å². The van der Waals surface area contributed by atoms with Crippen LogP contribution < -0.4 is 11.1 Å². The molecule has 0 bridgehead atoms.